The van der Waals surface area contributed by atoms with Crippen molar-refractivity contribution in [1.82, 2.24) is 15.1 Å². The molecular formula is C11H12N4O5S2. The number of carbonyl (C=O) groups is 2. The van der Waals surface area contributed by atoms with Gasteiger partial charge in [0.1, 0.15) is 23.7 Å². The van der Waals surface area contributed by atoms with Crippen molar-refractivity contribution in [1.29, 1.82) is 0 Å². The zero-order valence-electron chi connectivity index (χ0n) is 11.1. The minimum Gasteiger partial charge on any atom is -0.477 e. The summed E-state index contributed by atoms with van der Waals surface area (Å²) in [6.45, 7) is -0.353. The monoisotopic (exact) mass is 344 g/mol. The Morgan fingerprint density at radius 1 is 1.55 bits per heavy atom. The van der Waals surface area contributed by atoms with Crippen LogP contribution in [0.4, 0.5) is 0 Å². The smallest absolute Gasteiger partial charge is 0.352 e. The average molecular weight is 344 g/mol. The van der Waals surface area contributed by atoms with Crippen LogP contribution in [0.2, 0.25) is 0 Å². The lowest BCUT2D eigenvalue weighted by Crippen LogP contribution is -2.68. The molecule has 0 bridgehead atoms. The highest BCUT2D eigenvalue weighted by molar-refractivity contribution is 8.01. The predicted molar refractivity (Wildman–Crippen MR) is 76.7 cm³/mol. The summed E-state index contributed by atoms with van der Waals surface area (Å²) in [6, 6.07) is -0.642. The average Bonchev–Trinajstić information content (AvgIpc) is 2.99. The van der Waals surface area contributed by atoms with Crippen LogP contribution in [0.1, 0.15) is 5.89 Å². The molecule has 22 heavy (non-hydrogen) atoms. The second kappa shape index (κ2) is 5.91. The number of carboxylic acids is 1. The summed E-state index contributed by atoms with van der Waals surface area (Å²) in [4.78, 5) is 24.5. The summed E-state index contributed by atoms with van der Waals surface area (Å²) in [5.74, 6) is -0.664. The third-order valence-electron chi connectivity index (χ3n) is 3.24. The number of amides is 1. The number of hydrogen-bond acceptors (Lipinski definition) is 9. The fourth-order valence-corrected chi connectivity index (χ4v) is 4.41. The van der Waals surface area contributed by atoms with Gasteiger partial charge in [-0.3, -0.25) is 9.69 Å². The highest BCUT2D eigenvalue weighted by Crippen LogP contribution is 2.40. The molecular weight excluding hydrogens is 332 g/mol. The standard InChI is InChI=1S/C11H12N4O5S2/c12-6-8(17)15-7(10(18)19)4(2-21-9(6)15)3-22-11-14-13-5(1-16)20-11/h6,9,16H,1-3,12H2,(H,18,19)/t6?,9-/m1/s1. The van der Waals surface area contributed by atoms with Crippen molar-refractivity contribution in [3.05, 3.63) is 17.2 Å². The molecule has 0 aliphatic carbocycles. The predicted octanol–water partition coefficient (Wildman–Crippen LogP) is -0.765. The summed E-state index contributed by atoms with van der Waals surface area (Å²) in [5, 5.41) is 25.5. The third kappa shape index (κ3) is 2.49. The van der Waals surface area contributed by atoms with E-state index in [0.29, 0.717) is 17.1 Å². The number of nitrogens with two attached hydrogens (primary N) is 1. The van der Waals surface area contributed by atoms with Gasteiger partial charge >= 0.3 is 5.97 Å². The van der Waals surface area contributed by atoms with Crippen molar-refractivity contribution in [2.45, 2.75) is 23.2 Å². The van der Waals surface area contributed by atoms with E-state index in [2.05, 4.69) is 10.2 Å². The van der Waals surface area contributed by atoms with Gasteiger partial charge in [-0.2, -0.15) is 0 Å². The minimum absolute atomic E-state index is 0.00940. The van der Waals surface area contributed by atoms with E-state index < -0.39 is 12.0 Å². The Balaban J connectivity index is 1.78. The molecule has 0 aromatic carbocycles. The molecule has 2 atom stereocenters. The number of aliphatic carboxylic acids is 1. The number of fused-ring (bicyclic) bond motifs is 1. The normalized spacial score (nSPS) is 24.3. The Morgan fingerprint density at radius 3 is 2.95 bits per heavy atom. The summed E-state index contributed by atoms with van der Waals surface area (Å²) in [6.07, 6.45) is 0. The van der Waals surface area contributed by atoms with Crippen LogP contribution in [0, 0.1) is 0 Å². The van der Waals surface area contributed by atoms with Gasteiger partial charge in [-0.25, -0.2) is 4.79 Å². The van der Waals surface area contributed by atoms with Crippen molar-refractivity contribution in [2.24, 2.45) is 5.73 Å². The van der Waals surface area contributed by atoms with Crippen molar-refractivity contribution < 1.29 is 24.2 Å². The Hall–Kier alpha value is -1.56. The van der Waals surface area contributed by atoms with Crippen molar-refractivity contribution >= 4 is 35.4 Å². The number of carboxylic acid groups (broad SMARTS) is 1. The lowest BCUT2D eigenvalue weighted by atomic mass is 10.0. The lowest BCUT2D eigenvalue weighted by molar-refractivity contribution is -0.147. The molecule has 4 N–H and O–H groups in total. The van der Waals surface area contributed by atoms with Crippen molar-refractivity contribution in [3.63, 3.8) is 0 Å². The van der Waals surface area contributed by atoms with E-state index >= 15 is 0 Å². The fourth-order valence-electron chi connectivity index (χ4n) is 2.20. The van der Waals surface area contributed by atoms with Gasteiger partial charge in [0.25, 0.3) is 5.22 Å². The van der Waals surface area contributed by atoms with Gasteiger partial charge in [0.15, 0.2) is 0 Å². The molecule has 1 unspecified atom stereocenters. The lowest BCUT2D eigenvalue weighted by Gasteiger charge is -2.48. The van der Waals surface area contributed by atoms with Crippen LogP contribution in [-0.2, 0) is 16.2 Å². The molecule has 0 radical (unpaired) electrons. The molecule has 1 aromatic rings. The first kappa shape index (κ1) is 15.3. The Labute approximate surface area is 132 Å². The number of rotatable bonds is 5. The van der Waals surface area contributed by atoms with E-state index in [4.69, 9.17) is 15.3 Å². The fraction of sp³-hybridized carbons (Fsp3) is 0.455. The second-order valence-corrected chi connectivity index (χ2v) is 6.63. The van der Waals surface area contributed by atoms with Gasteiger partial charge in [0, 0.05) is 11.5 Å². The van der Waals surface area contributed by atoms with Gasteiger partial charge in [-0.05, 0) is 5.57 Å². The van der Waals surface area contributed by atoms with Gasteiger partial charge in [-0.15, -0.1) is 22.0 Å². The highest BCUT2D eigenvalue weighted by Gasteiger charge is 2.51. The second-order valence-electron chi connectivity index (χ2n) is 4.60. The molecule has 2 aliphatic heterocycles. The van der Waals surface area contributed by atoms with Crippen LogP contribution >= 0.6 is 23.5 Å². The van der Waals surface area contributed by atoms with Gasteiger partial charge in [0.05, 0.1) is 0 Å². The van der Waals surface area contributed by atoms with E-state index in [1.54, 1.807) is 0 Å². The maximum atomic E-state index is 11.8. The molecule has 3 heterocycles. The number of β-lactam (4-membered cyclic amide) rings is 1. The number of hydrogen-bond donors (Lipinski definition) is 3. The quantitative estimate of drug-likeness (QED) is 0.460. The molecule has 9 nitrogen and oxygen atoms in total. The van der Waals surface area contributed by atoms with Gasteiger partial charge in [0.2, 0.25) is 11.8 Å². The first-order valence-corrected chi connectivity index (χ1v) is 8.28. The SMILES string of the molecule is NC1C(=O)N2C(C(=O)O)=C(CSc3nnc(CO)o3)CS[C@H]12. The maximum Gasteiger partial charge on any atom is 0.352 e. The molecule has 118 valence electrons. The topological polar surface area (TPSA) is 143 Å². The van der Waals surface area contributed by atoms with E-state index in [-0.39, 0.29) is 34.7 Å². The van der Waals surface area contributed by atoms with E-state index in [1.165, 1.54) is 16.7 Å². The van der Waals surface area contributed by atoms with Gasteiger partial charge < -0.3 is 20.4 Å². The Bertz CT molecular complexity index is 661. The van der Waals surface area contributed by atoms with E-state index in [0.717, 1.165) is 11.8 Å². The molecule has 1 amide bonds. The molecule has 3 rings (SSSR count). The number of aliphatic hydroxyl groups is 1. The number of thioether (sulfide) groups is 2. The minimum atomic E-state index is -1.15. The van der Waals surface area contributed by atoms with E-state index in [9.17, 15) is 14.7 Å². The summed E-state index contributed by atoms with van der Waals surface area (Å²) >= 11 is 2.60. The molecule has 2 aliphatic rings. The molecule has 1 fully saturated rings. The zero-order valence-corrected chi connectivity index (χ0v) is 12.8. The Kier molecular flexibility index (Phi) is 4.12. The largest absolute Gasteiger partial charge is 0.477 e. The molecule has 11 heteroatoms. The first-order valence-electron chi connectivity index (χ1n) is 6.24. The van der Waals surface area contributed by atoms with Crippen molar-refractivity contribution in [2.75, 3.05) is 11.5 Å². The van der Waals surface area contributed by atoms with E-state index in [1.807, 2.05) is 0 Å². The first-order chi connectivity index (χ1) is 10.5. The molecule has 0 spiro atoms. The third-order valence-corrected chi connectivity index (χ3v) is 5.51. The maximum absolute atomic E-state index is 11.8. The number of aromatic nitrogens is 2. The van der Waals surface area contributed by atoms with Crippen LogP contribution in [0.25, 0.3) is 0 Å². The van der Waals surface area contributed by atoms with Crippen LogP contribution in [0.5, 0.6) is 0 Å². The van der Waals surface area contributed by atoms with Crippen LogP contribution < -0.4 is 5.73 Å². The summed E-state index contributed by atoms with van der Waals surface area (Å²) in [5.41, 5.74) is 6.27. The van der Waals surface area contributed by atoms with Crippen LogP contribution in [0.3, 0.4) is 0 Å². The van der Waals surface area contributed by atoms with Crippen LogP contribution in [-0.4, -0.2) is 60.1 Å². The van der Waals surface area contributed by atoms with Crippen molar-refractivity contribution in [3.8, 4) is 0 Å². The number of carbonyl (C=O) groups excluding carboxylic acids is 1. The highest BCUT2D eigenvalue weighted by atomic mass is 32.2. The zero-order chi connectivity index (χ0) is 15.9. The Morgan fingerprint density at radius 2 is 2.32 bits per heavy atom. The number of nitrogens with zero attached hydrogens (tertiary/aromatic N) is 3. The van der Waals surface area contributed by atoms with Crippen LogP contribution in [0.15, 0.2) is 20.9 Å². The number of aliphatic hydroxyl groups excluding tert-OH is 1. The molecule has 1 saturated heterocycles. The molecule has 0 saturated carbocycles. The summed E-state index contributed by atoms with van der Waals surface area (Å²) in [7, 11) is 0. The molecule has 1 aromatic heterocycles. The van der Waals surface area contributed by atoms with Gasteiger partial charge in [-0.1, -0.05) is 11.8 Å². The summed E-state index contributed by atoms with van der Waals surface area (Å²) < 4.78 is 5.13.